The van der Waals surface area contributed by atoms with E-state index in [2.05, 4.69) is 10.3 Å². The quantitative estimate of drug-likeness (QED) is 0.314. The van der Waals surface area contributed by atoms with Crippen LogP contribution in [0.1, 0.15) is 21.8 Å². The molecule has 170 valence electrons. The van der Waals surface area contributed by atoms with Crippen LogP contribution in [-0.2, 0) is 4.79 Å². The van der Waals surface area contributed by atoms with E-state index in [1.165, 1.54) is 36.7 Å². The number of hydrogen-bond donors (Lipinski definition) is 2. The van der Waals surface area contributed by atoms with Crippen molar-refractivity contribution in [2.24, 2.45) is 10.9 Å². The fourth-order valence-electron chi connectivity index (χ4n) is 3.47. The van der Waals surface area contributed by atoms with E-state index in [0.717, 1.165) is 4.73 Å². The van der Waals surface area contributed by atoms with Gasteiger partial charge in [0.15, 0.2) is 0 Å². The van der Waals surface area contributed by atoms with E-state index in [1.807, 2.05) is 0 Å². The second-order valence-corrected chi connectivity index (χ2v) is 10.1. The van der Waals surface area contributed by atoms with E-state index in [9.17, 15) is 14.8 Å². The fraction of sp³-hybridized carbons (Fsp3) is 0.136. The molecule has 0 bridgehead atoms. The first-order valence-corrected chi connectivity index (χ1v) is 11.4. The lowest BCUT2D eigenvalue weighted by Crippen LogP contribution is -2.17. The van der Waals surface area contributed by atoms with Crippen LogP contribution in [0.25, 0.3) is 0 Å². The lowest BCUT2D eigenvalue weighted by Gasteiger charge is -2.08. The van der Waals surface area contributed by atoms with Gasteiger partial charge in [-0.05, 0) is 54.1 Å². The van der Waals surface area contributed by atoms with Crippen molar-refractivity contribution in [3.63, 3.8) is 0 Å². The number of pyridine rings is 1. The average molecular weight is 546 g/mol. The van der Waals surface area contributed by atoms with Crippen LogP contribution < -0.4 is 10.7 Å². The predicted octanol–water partition coefficient (Wildman–Crippen LogP) is 5.95. The number of nitrogens with zero attached hydrogens (tertiary/aromatic N) is 2. The maximum Gasteiger partial charge on any atom is 0.279 e. The number of hydrogen-bond acceptors (Lipinski definition) is 3. The van der Waals surface area contributed by atoms with Gasteiger partial charge in [-0.15, -0.1) is 23.2 Å². The van der Waals surface area contributed by atoms with Crippen LogP contribution in [0.5, 0.6) is 0 Å². The SMILES string of the molecule is O=C(N=c1ccn(O)cc1)c1cc(NC(=O)[C@@H]2[C@@H](c3cc(Cl)cc(Cl)c3)C2(Cl)Cl)ccc1Cl. The molecule has 1 heterocycles. The van der Waals surface area contributed by atoms with Gasteiger partial charge in [0, 0.05) is 34.0 Å². The van der Waals surface area contributed by atoms with E-state index in [-0.39, 0.29) is 10.6 Å². The van der Waals surface area contributed by atoms with E-state index < -0.39 is 28.0 Å². The molecule has 33 heavy (non-hydrogen) atoms. The van der Waals surface area contributed by atoms with E-state index in [0.29, 0.717) is 26.7 Å². The minimum Gasteiger partial charge on any atom is -0.429 e. The third-order valence-electron chi connectivity index (χ3n) is 5.07. The molecule has 11 heteroatoms. The second-order valence-electron chi connectivity index (χ2n) is 7.37. The highest BCUT2D eigenvalue weighted by atomic mass is 35.5. The van der Waals surface area contributed by atoms with Crippen LogP contribution in [0.2, 0.25) is 15.1 Å². The van der Waals surface area contributed by atoms with Gasteiger partial charge in [0.25, 0.3) is 5.91 Å². The summed E-state index contributed by atoms with van der Waals surface area (Å²) in [6.07, 6.45) is 2.65. The Labute approximate surface area is 213 Å². The molecule has 6 nitrogen and oxygen atoms in total. The summed E-state index contributed by atoms with van der Waals surface area (Å²) >= 11 is 31.1. The Bertz CT molecular complexity index is 1300. The molecule has 1 aromatic heterocycles. The molecular formula is C22H14Cl5N3O3. The van der Waals surface area contributed by atoms with Crippen LogP contribution in [-0.4, -0.2) is 26.1 Å². The van der Waals surface area contributed by atoms with Gasteiger partial charge in [-0.2, -0.15) is 0 Å². The van der Waals surface area contributed by atoms with E-state index in [4.69, 9.17) is 58.0 Å². The number of alkyl halides is 2. The Hall–Kier alpha value is -2.22. The number of anilines is 1. The van der Waals surface area contributed by atoms with Crippen LogP contribution in [0.4, 0.5) is 5.69 Å². The molecule has 2 N–H and O–H groups in total. The van der Waals surface area contributed by atoms with Gasteiger partial charge < -0.3 is 10.5 Å². The minimum absolute atomic E-state index is 0.0900. The second kappa shape index (κ2) is 9.20. The van der Waals surface area contributed by atoms with Crippen molar-refractivity contribution < 1.29 is 14.8 Å². The lowest BCUT2D eigenvalue weighted by atomic mass is 10.1. The Morgan fingerprint density at radius 2 is 1.61 bits per heavy atom. The summed E-state index contributed by atoms with van der Waals surface area (Å²) in [4.78, 5) is 29.5. The standard InChI is InChI=1S/C22H14Cl5N3O3/c23-12-7-11(8-13(24)9-12)18-19(22(18,26)27)21(32)29-15-1-2-17(25)16(10-15)20(31)28-14-3-5-30(33)6-4-14/h1-10,18-19,33H,(H,29,32)/t18-,19+/m1/s1. The fourth-order valence-corrected chi connectivity index (χ4v) is 5.04. The first kappa shape index (κ1) is 23.9. The molecule has 3 aromatic rings. The van der Waals surface area contributed by atoms with Crippen molar-refractivity contribution in [3.8, 4) is 0 Å². The Morgan fingerprint density at radius 1 is 0.970 bits per heavy atom. The Morgan fingerprint density at radius 3 is 2.24 bits per heavy atom. The number of carbonyl (C=O) groups is 2. The molecule has 2 atom stereocenters. The zero-order valence-corrected chi connectivity index (χ0v) is 20.3. The zero-order chi connectivity index (χ0) is 23.9. The largest absolute Gasteiger partial charge is 0.429 e. The highest BCUT2D eigenvalue weighted by Gasteiger charge is 2.67. The molecule has 0 saturated heterocycles. The molecular weight excluding hydrogens is 532 g/mol. The van der Waals surface area contributed by atoms with Crippen LogP contribution in [0, 0.1) is 5.92 Å². The molecule has 0 spiro atoms. The van der Waals surface area contributed by atoms with Gasteiger partial charge >= 0.3 is 0 Å². The van der Waals surface area contributed by atoms with Crippen LogP contribution in [0.3, 0.4) is 0 Å². The topological polar surface area (TPSA) is 83.7 Å². The summed E-state index contributed by atoms with van der Waals surface area (Å²) in [5.74, 6) is -2.32. The highest BCUT2D eigenvalue weighted by Crippen LogP contribution is 2.65. The van der Waals surface area contributed by atoms with E-state index >= 15 is 0 Å². The molecule has 0 radical (unpaired) electrons. The molecule has 1 fully saturated rings. The number of aromatic nitrogens is 1. The number of benzene rings is 2. The summed E-state index contributed by atoms with van der Waals surface area (Å²) in [7, 11) is 0. The Kier molecular flexibility index (Phi) is 6.67. The third-order valence-corrected chi connectivity index (χ3v) is 6.78. The van der Waals surface area contributed by atoms with Gasteiger partial charge in [-0.25, -0.2) is 9.72 Å². The number of halogens is 5. The van der Waals surface area contributed by atoms with Crippen molar-refractivity contribution in [2.75, 3.05) is 5.32 Å². The van der Waals surface area contributed by atoms with Crippen LogP contribution in [0.15, 0.2) is 65.9 Å². The van der Waals surface area contributed by atoms with Gasteiger partial charge in [-0.3, -0.25) is 9.59 Å². The van der Waals surface area contributed by atoms with Crippen molar-refractivity contribution >= 4 is 75.5 Å². The van der Waals surface area contributed by atoms with Crippen molar-refractivity contribution in [3.05, 3.63) is 92.5 Å². The van der Waals surface area contributed by atoms with Gasteiger partial charge in [0.2, 0.25) is 5.91 Å². The zero-order valence-electron chi connectivity index (χ0n) is 16.5. The first-order chi connectivity index (χ1) is 15.6. The maximum absolute atomic E-state index is 12.9. The number of rotatable bonds is 4. The predicted molar refractivity (Wildman–Crippen MR) is 129 cm³/mol. The summed E-state index contributed by atoms with van der Waals surface area (Å²) in [6.45, 7) is 0. The summed E-state index contributed by atoms with van der Waals surface area (Å²) in [5, 5.41) is 13.3. The molecule has 4 rings (SSSR count). The van der Waals surface area contributed by atoms with Gasteiger partial charge in [0.1, 0.15) is 4.33 Å². The molecule has 1 aliphatic rings. The Balaban J connectivity index is 1.55. The molecule has 2 aromatic carbocycles. The van der Waals surface area contributed by atoms with Gasteiger partial charge in [-0.1, -0.05) is 34.8 Å². The smallest absolute Gasteiger partial charge is 0.279 e. The highest BCUT2D eigenvalue weighted by molar-refractivity contribution is 6.53. The molecule has 0 aliphatic heterocycles. The summed E-state index contributed by atoms with van der Waals surface area (Å²) in [5.41, 5.74) is 1.06. The minimum atomic E-state index is -1.34. The van der Waals surface area contributed by atoms with Crippen molar-refractivity contribution in [1.82, 2.24) is 4.73 Å². The molecule has 0 unspecified atom stereocenters. The summed E-state index contributed by atoms with van der Waals surface area (Å²) < 4.78 is -0.516. The molecule has 1 aliphatic carbocycles. The van der Waals surface area contributed by atoms with Crippen molar-refractivity contribution in [2.45, 2.75) is 10.3 Å². The normalized spacial score (nSPS) is 18.5. The summed E-state index contributed by atoms with van der Waals surface area (Å²) in [6, 6.07) is 12.2. The van der Waals surface area contributed by atoms with E-state index in [1.54, 1.807) is 24.3 Å². The molecule has 1 saturated carbocycles. The van der Waals surface area contributed by atoms with Crippen molar-refractivity contribution in [1.29, 1.82) is 0 Å². The van der Waals surface area contributed by atoms with Gasteiger partial charge in [0.05, 0.1) is 21.9 Å². The number of amides is 2. The maximum atomic E-state index is 12.9. The third kappa shape index (κ3) is 5.15. The molecule has 2 amide bonds. The monoisotopic (exact) mass is 543 g/mol. The van der Waals surface area contributed by atoms with Crippen LogP contribution >= 0.6 is 58.0 Å². The average Bonchev–Trinajstić information content (AvgIpc) is 3.32. The first-order valence-electron chi connectivity index (χ1n) is 9.47. The lowest BCUT2D eigenvalue weighted by molar-refractivity contribution is -0.117. The number of nitrogens with one attached hydrogen (secondary N) is 1. The number of carbonyl (C=O) groups excluding carboxylic acids is 2.